The normalized spacial score (nSPS) is 26.1. The molecule has 94 valence electrons. The van der Waals surface area contributed by atoms with E-state index < -0.39 is 0 Å². The first-order valence-corrected chi connectivity index (χ1v) is 6.48. The molecule has 3 heteroatoms. The molecule has 3 N–H and O–H groups in total. The van der Waals surface area contributed by atoms with Crippen LogP contribution < -0.4 is 11.1 Å². The van der Waals surface area contributed by atoms with Crippen LogP contribution in [0.2, 0.25) is 0 Å². The van der Waals surface area contributed by atoms with Gasteiger partial charge in [-0.05, 0) is 31.2 Å². The zero-order valence-corrected chi connectivity index (χ0v) is 10.9. The van der Waals surface area contributed by atoms with E-state index in [9.17, 15) is 4.79 Å². The van der Waals surface area contributed by atoms with Crippen molar-refractivity contribution < 1.29 is 4.79 Å². The molecule has 2 atom stereocenters. The van der Waals surface area contributed by atoms with Crippen molar-refractivity contribution in [1.29, 1.82) is 0 Å². The van der Waals surface area contributed by atoms with Gasteiger partial charge in [0, 0.05) is 12.0 Å². The van der Waals surface area contributed by atoms with E-state index in [4.69, 9.17) is 5.73 Å². The highest BCUT2D eigenvalue weighted by molar-refractivity contribution is 5.78. The Bertz CT molecular complexity index is 238. The summed E-state index contributed by atoms with van der Waals surface area (Å²) in [5, 5.41) is 3.20. The van der Waals surface area contributed by atoms with Crippen LogP contribution in [0.5, 0.6) is 0 Å². The third-order valence-corrected chi connectivity index (χ3v) is 3.87. The summed E-state index contributed by atoms with van der Waals surface area (Å²) in [5.41, 5.74) is 5.72. The summed E-state index contributed by atoms with van der Waals surface area (Å²) < 4.78 is 0. The van der Waals surface area contributed by atoms with Crippen LogP contribution in [-0.2, 0) is 4.79 Å². The number of amides is 1. The van der Waals surface area contributed by atoms with Gasteiger partial charge in [0.05, 0.1) is 0 Å². The lowest BCUT2D eigenvalue weighted by Gasteiger charge is -2.39. The van der Waals surface area contributed by atoms with Gasteiger partial charge < -0.3 is 11.1 Å². The zero-order chi connectivity index (χ0) is 12.2. The van der Waals surface area contributed by atoms with Gasteiger partial charge in [-0.2, -0.15) is 0 Å². The van der Waals surface area contributed by atoms with Crippen molar-refractivity contribution >= 4 is 5.91 Å². The lowest BCUT2D eigenvalue weighted by Crippen LogP contribution is -2.48. The fourth-order valence-corrected chi connectivity index (χ4v) is 2.46. The Balaban J connectivity index is 2.49. The average Bonchev–Trinajstić information content (AvgIpc) is 2.21. The molecule has 0 spiro atoms. The fraction of sp³-hybridized carbons (Fsp3) is 0.923. The van der Waals surface area contributed by atoms with Gasteiger partial charge in [-0.3, -0.25) is 4.79 Å². The number of rotatable bonds is 4. The van der Waals surface area contributed by atoms with Crippen molar-refractivity contribution in [1.82, 2.24) is 5.32 Å². The van der Waals surface area contributed by atoms with E-state index in [1.54, 1.807) is 0 Å². The molecule has 3 nitrogen and oxygen atoms in total. The first-order valence-electron chi connectivity index (χ1n) is 6.48. The Morgan fingerprint density at radius 2 is 2.19 bits per heavy atom. The number of nitrogens with two attached hydrogens (primary N) is 1. The highest BCUT2D eigenvalue weighted by Gasteiger charge is 2.33. The van der Waals surface area contributed by atoms with Crippen LogP contribution >= 0.6 is 0 Å². The van der Waals surface area contributed by atoms with Crippen molar-refractivity contribution in [2.45, 2.75) is 58.9 Å². The number of hydrogen-bond acceptors (Lipinski definition) is 2. The van der Waals surface area contributed by atoms with E-state index >= 15 is 0 Å². The Kier molecular flexibility index (Phi) is 4.78. The van der Waals surface area contributed by atoms with Gasteiger partial charge in [0.25, 0.3) is 0 Å². The second kappa shape index (κ2) is 5.67. The molecule has 0 bridgehead atoms. The molecule has 1 amide bonds. The molecular formula is C13H26N2O. The SMILES string of the molecule is CC(CCN)C(=O)NC1CCCCC1(C)C. The van der Waals surface area contributed by atoms with Crippen molar-refractivity contribution in [2.75, 3.05) is 6.54 Å². The predicted octanol–water partition coefficient (Wildman–Crippen LogP) is 2.06. The molecule has 0 radical (unpaired) electrons. The Morgan fingerprint density at radius 3 is 2.75 bits per heavy atom. The summed E-state index contributed by atoms with van der Waals surface area (Å²) >= 11 is 0. The minimum Gasteiger partial charge on any atom is -0.353 e. The Morgan fingerprint density at radius 1 is 1.50 bits per heavy atom. The molecule has 1 fully saturated rings. The fourth-order valence-electron chi connectivity index (χ4n) is 2.46. The molecule has 0 aromatic rings. The summed E-state index contributed by atoms with van der Waals surface area (Å²) in [6.45, 7) is 7.05. The summed E-state index contributed by atoms with van der Waals surface area (Å²) in [5.74, 6) is 0.216. The van der Waals surface area contributed by atoms with E-state index in [2.05, 4.69) is 19.2 Å². The van der Waals surface area contributed by atoms with E-state index in [1.165, 1.54) is 19.3 Å². The Hall–Kier alpha value is -0.570. The molecule has 1 aliphatic carbocycles. The van der Waals surface area contributed by atoms with E-state index in [-0.39, 0.29) is 17.2 Å². The first kappa shape index (κ1) is 13.5. The topological polar surface area (TPSA) is 55.1 Å². The lowest BCUT2D eigenvalue weighted by atomic mass is 9.73. The maximum atomic E-state index is 11.9. The smallest absolute Gasteiger partial charge is 0.223 e. The van der Waals surface area contributed by atoms with E-state index in [0.717, 1.165) is 12.8 Å². The molecule has 0 aromatic carbocycles. The molecule has 0 aromatic heterocycles. The van der Waals surface area contributed by atoms with Gasteiger partial charge in [0.1, 0.15) is 0 Å². The van der Waals surface area contributed by atoms with Crippen LogP contribution in [0.4, 0.5) is 0 Å². The molecule has 0 heterocycles. The van der Waals surface area contributed by atoms with Crippen LogP contribution in [0.3, 0.4) is 0 Å². The standard InChI is InChI=1S/C13H26N2O/c1-10(7-9-14)12(16)15-11-6-4-5-8-13(11,2)3/h10-11H,4-9,14H2,1-3H3,(H,15,16). The van der Waals surface area contributed by atoms with Crippen LogP contribution in [-0.4, -0.2) is 18.5 Å². The first-order chi connectivity index (χ1) is 7.47. The van der Waals surface area contributed by atoms with Crippen LogP contribution in [0, 0.1) is 11.3 Å². The largest absolute Gasteiger partial charge is 0.353 e. The number of carbonyl (C=O) groups excluding carboxylic acids is 1. The average molecular weight is 226 g/mol. The number of hydrogen-bond donors (Lipinski definition) is 2. The molecule has 1 rings (SSSR count). The second-order valence-corrected chi connectivity index (χ2v) is 5.77. The van der Waals surface area contributed by atoms with Gasteiger partial charge in [-0.25, -0.2) is 0 Å². The third kappa shape index (κ3) is 3.48. The molecule has 16 heavy (non-hydrogen) atoms. The van der Waals surface area contributed by atoms with Gasteiger partial charge in [0.2, 0.25) is 5.91 Å². The number of carbonyl (C=O) groups is 1. The van der Waals surface area contributed by atoms with Crippen molar-refractivity contribution in [3.8, 4) is 0 Å². The van der Waals surface area contributed by atoms with Crippen molar-refractivity contribution in [3.05, 3.63) is 0 Å². The maximum Gasteiger partial charge on any atom is 0.223 e. The van der Waals surface area contributed by atoms with Crippen LogP contribution in [0.15, 0.2) is 0 Å². The van der Waals surface area contributed by atoms with E-state index in [1.807, 2.05) is 6.92 Å². The zero-order valence-electron chi connectivity index (χ0n) is 10.9. The molecular weight excluding hydrogens is 200 g/mol. The molecule has 2 unspecified atom stereocenters. The third-order valence-electron chi connectivity index (χ3n) is 3.87. The van der Waals surface area contributed by atoms with Gasteiger partial charge >= 0.3 is 0 Å². The summed E-state index contributed by atoms with van der Waals surface area (Å²) in [7, 11) is 0. The van der Waals surface area contributed by atoms with Crippen molar-refractivity contribution in [3.63, 3.8) is 0 Å². The maximum absolute atomic E-state index is 11.9. The summed E-state index contributed by atoms with van der Waals surface area (Å²) in [6, 6.07) is 0.342. The van der Waals surface area contributed by atoms with Crippen molar-refractivity contribution in [2.24, 2.45) is 17.1 Å². The monoisotopic (exact) mass is 226 g/mol. The highest BCUT2D eigenvalue weighted by atomic mass is 16.1. The van der Waals surface area contributed by atoms with Gasteiger partial charge in [-0.15, -0.1) is 0 Å². The minimum atomic E-state index is 0.0442. The second-order valence-electron chi connectivity index (χ2n) is 5.77. The molecule has 0 aliphatic heterocycles. The Labute approximate surface area is 99.2 Å². The van der Waals surface area contributed by atoms with Gasteiger partial charge in [-0.1, -0.05) is 33.6 Å². The molecule has 1 saturated carbocycles. The molecule has 1 aliphatic rings. The van der Waals surface area contributed by atoms with Crippen LogP contribution in [0.25, 0.3) is 0 Å². The summed E-state index contributed by atoms with van der Waals surface area (Å²) in [6.07, 6.45) is 5.63. The quantitative estimate of drug-likeness (QED) is 0.771. The number of nitrogens with one attached hydrogen (secondary N) is 1. The van der Waals surface area contributed by atoms with Crippen LogP contribution in [0.1, 0.15) is 52.9 Å². The minimum absolute atomic E-state index is 0.0442. The van der Waals surface area contributed by atoms with E-state index in [0.29, 0.717) is 12.6 Å². The predicted molar refractivity (Wildman–Crippen MR) is 67.0 cm³/mol. The molecule has 0 saturated heterocycles. The lowest BCUT2D eigenvalue weighted by molar-refractivity contribution is -0.126. The van der Waals surface area contributed by atoms with Gasteiger partial charge in [0.15, 0.2) is 0 Å². The highest BCUT2D eigenvalue weighted by Crippen LogP contribution is 2.35. The summed E-state index contributed by atoms with van der Waals surface area (Å²) in [4.78, 5) is 11.9.